The van der Waals surface area contributed by atoms with Crippen LogP contribution in [0.3, 0.4) is 0 Å². The van der Waals surface area contributed by atoms with Crippen LogP contribution in [-0.2, 0) is 19.1 Å². The molecule has 0 aromatic rings. The highest BCUT2D eigenvalue weighted by Gasteiger charge is 2.52. The van der Waals surface area contributed by atoms with Gasteiger partial charge in [-0.1, -0.05) is 59.8 Å². The first-order valence-corrected chi connectivity index (χ1v) is 20.8. The topological polar surface area (TPSA) is 197 Å². The van der Waals surface area contributed by atoms with E-state index < -0.39 is 84.4 Å². The lowest BCUT2D eigenvalue weighted by Gasteiger charge is -2.44. The number of aliphatic hydroxyl groups excluding tert-OH is 6. The van der Waals surface area contributed by atoms with E-state index in [0.29, 0.717) is 44.1 Å². The van der Waals surface area contributed by atoms with Gasteiger partial charge in [0, 0.05) is 43.1 Å². The number of carbonyl (C=O) groups excluding carboxylic acids is 2. The maximum absolute atomic E-state index is 14.0. The molecule has 5 aliphatic rings. The lowest BCUT2D eigenvalue weighted by molar-refractivity contribution is -0.285. The average molecular weight is 778 g/mol. The fourth-order valence-corrected chi connectivity index (χ4v) is 9.13. The monoisotopic (exact) mass is 778 g/mol. The summed E-state index contributed by atoms with van der Waals surface area (Å²) in [6.45, 7) is 15.1. The molecule has 12 heteroatoms. The summed E-state index contributed by atoms with van der Waals surface area (Å²) in [6, 6.07) is -0.895. The van der Waals surface area contributed by atoms with Crippen molar-refractivity contribution in [3.8, 4) is 0 Å². The quantitative estimate of drug-likeness (QED) is 0.162. The lowest BCUT2D eigenvalue weighted by atomic mass is 9.81. The van der Waals surface area contributed by atoms with Crippen LogP contribution in [0.2, 0.25) is 0 Å². The van der Waals surface area contributed by atoms with E-state index in [2.05, 4.69) is 0 Å². The molecule has 5 heterocycles. The van der Waals surface area contributed by atoms with E-state index in [-0.39, 0.29) is 55.9 Å². The van der Waals surface area contributed by atoms with Crippen molar-refractivity contribution in [1.29, 1.82) is 0 Å². The van der Waals surface area contributed by atoms with Gasteiger partial charge in [-0.25, -0.2) is 4.79 Å². The summed E-state index contributed by atoms with van der Waals surface area (Å²) in [5.74, 6) is -4.62. The van der Waals surface area contributed by atoms with Gasteiger partial charge in [-0.3, -0.25) is 4.79 Å². The van der Waals surface area contributed by atoms with E-state index in [1.165, 1.54) is 4.90 Å². The molecule has 12 nitrogen and oxygen atoms in total. The number of hydrogen-bond donors (Lipinski definition) is 7. The Balaban J connectivity index is 1.68. The fraction of sp³-hybridized carbons (Fsp3) is 0.814. The molecule has 1 amide bonds. The largest absolute Gasteiger partial charge is 0.456 e. The molecule has 6 bridgehead atoms. The maximum Gasteiger partial charge on any atom is 0.330 e. The van der Waals surface area contributed by atoms with Gasteiger partial charge in [0.2, 0.25) is 5.91 Å². The van der Waals surface area contributed by atoms with Crippen molar-refractivity contribution in [2.75, 3.05) is 6.54 Å². The first-order valence-electron chi connectivity index (χ1n) is 20.8. The number of rotatable bonds is 3. The Hall–Kier alpha value is -2.16. The van der Waals surface area contributed by atoms with Crippen LogP contribution >= 0.6 is 0 Å². The number of aliphatic hydroxyl groups is 7. The van der Waals surface area contributed by atoms with Crippen LogP contribution in [-0.4, -0.2) is 120 Å². The highest BCUT2D eigenvalue weighted by Crippen LogP contribution is 2.43. The molecule has 0 saturated carbocycles. The molecular weight excluding hydrogens is 706 g/mol. The summed E-state index contributed by atoms with van der Waals surface area (Å²) in [5.41, 5.74) is 2.34. The summed E-state index contributed by atoms with van der Waals surface area (Å²) < 4.78 is 12.3. The predicted octanol–water partition coefficient (Wildman–Crippen LogP) is 3.93. The average Bonchev–Trinajstić information content (AvgIpc) is 3.56. The van der Waals surface area contributed by atoms with Gasteiger partial charge in [-0.15, -0.1) is 0 Å². The number of fused-ring (bicyclic) bond motifs is 16. The zero-order chi connectivity index (χ0) is 40.9. The third kappa shape index (κ3) is 11.3. The number of hydrogen-bond acceptors (Lipinski definition) is 11. The van der Waals surface area contributed by atoms with Crippen LogP contribution in [0.15, 0.2) is 34.9 Å². The van der Waals surface area contributed by atoms with Gasteiger partial charge in [0.05, 0.1) is 49.1 Å². The van der Waals surface area contributed by atoms with Crippen LogP contribution in [0.25, 0.3) is 0 Å². The molecule has 5 rings (SSSR count). The van der Waals surface area contributed by atoms with Gasteiger partial charge in [0.15, 0.2) is 5.79 Å². The van der Waals surface area contributed by atoms with E-state index in [4.69, 9.17) is 9.47 Å². The van der Waals surface area contributed by atoms with Gasteiger partial charge < -0.3 is 50.1 Å². The minimum atomic E-state index is -1.85. The van der Waals surface area contributed by atoms with Crippen molar-refractivity contribution < 1.29 is 54.8 Å². The number of amides is 1. The molecule has 0 aromatic carbocycles. The minimum absolute atomic E-state index is 0.00125. The highest BCUT2D eigenvalue weighted by atomic mass is 16.6. The summed E-state index contributed by atoms with van der Waals surface area (Å²) in [4.78, 5) is 29.3. The third-order valence-corrected chi connectivity index (χ3v) is 13.2. The van der Waals surface area contributed by atoms with Crippen LogP contribution in [0, 0.1) is 35.5 Å². The fourth-order valence-electron chi connectivity index (χ4n) is 9.13. The van der Waals surface area contributed by atoms with E-state index >= 15 is 0 Å². The Kier molecular flexibility index (Phi) is 16.2. The molecule has 5 aliphatic heterocycles. The molecular formula is C43H71NO11. The van der Waals surface area contributed by atoms with Crippen LogP contribution < -0.4 is 0 Å². The Labute approximate surface area is 328 Å². The van der Waals surface area contributed by atoms with Crippen molar-refractivity contribution in [1.82, 2.24) is 4.90 Å². The van der Waals surface area contributed by atoms with Crippen LogP contribution in [0.4, 0.5) is 0 Å². The summed E-state index contributed by atoms with van der Waals surface area (Å²) in [6.07, 6.45) is 1.86. The molecule has 0 aromatic heterocycles. The van der Waals surface area contributed by atoms with Crippen molar-refractivity contribution in [3.05, 3.63) is 34.9 Å². The standard InChI is InChI=1S/C43H71NO11/c1-9-30-11-13-38-34(18-24(3)29(8)45)33-14-15-44(40(33)42(52)54-38)39(50)22-43(53)27(6)10-12-32(55-43)21-37(49)28(7)36(48)20-31(46)19-35(47)25(4)16-23(2)17-26(5)41(30)51/h11,16,18,23-24,26-29,31-33,35-38,40-41,45-49,51,53H,9-10,12-15,17,19-22H2,1-8H3/b25-16+,30-11+,34-18+. The van der Waals surface area contributed by atoms with Crippen LogP contribution in [0.5, 0.6) is 0 Å². The van der Waals surface area contributed by atoms with Gasteiger partial charge in [0.25, 0.3) is 0 Å². The van der Waals surface area contributed by atoms with Crippen molar-refractivity contribution in [2.24, 2.45) is 35.5 Å². The molecule has 55 heavy (non-hydrogen) atoms. The van der Waals surface area contributed by atoms with Crippen LogP contribution in [0.1, 0.15) is 120 Å². The van der Waals surface area contributed by atoms with E-state index in [9.17, 15) is 45.3 Å². The Bertz CT molecular complexity index is 1400. The number of esters is 1. The van der Waals surface area contributed by atoms with Crippen molar-refractivity contribution in [3.63, 3.8) is 0 Å². The Morgan fingerprint density at radius 2 is 1.64 bits per heavy atom. The highest BCUT2D eigenvalue weighted by molar-refractivity contribution is 5.87. The van der Waals surface area contributed by atoms with E-state index in [1.54, 1.807) is 27.7 Å². The molecule has 16 unspecified atom stereocenters. The summed E-state index contributed by atoms with van der Waals surface area (Å²) in [7, 11) is 0. The third-order valence-electron chi connectivity index (χ3n) is 13.2. The Morgan fingerprint density at radius 3 is 2.29 bits per heavy atom. The molecule has 0 spiro atoms. The lowest BCUT2D eigenvalue weighted by Crippen LogP contribution is -2.54. The zero-order valence-electron chi connectivity index (χ0n) is 34.4. The molecule has 3 saturated heterocycles. The number of nitrogens with zero attached hydrogens (tertiary/aromatic N) is 1. The smallest absolute Gasteiger partial charge is 0.330 e. The number of carbonyl (C=O) groups is 2. The first-order chi connectivity index (χ1) is 25.8. The number of ether oxygens (including phenoxy) is 2. The van der Waals surface area contributed by atoms with Crippen molar-refractivity contribution in [2.45, 2.75) is 180 Å². The second-order valence-electron chi connectivity index (χ2n) is 17.6. The normalized spacial score (nSPS) is 44.5. The second-order valence-corrected chi connectivity index (χ2v) is 17.6. The summed E-state index contributed by atoms with van der Waals surface area (Å²) >= 11 is 0. The molecule has 0 aliphatic carbocycles. The second kappa shape index (κ2) is 19.5. The number of allylic oxidation sites excluding steroid dienone is 1. The van der Waals surface area contributed by atoms with Gasteiger partial charge in [0.1, 0.15) is 12.1 Å². The van der Waals surface area contributed by atoms with E-state index in [0.717, 1.165) is 11.1 Å². The molecule has 314 valence electrons. The minimum Gasteiger partial charge on any atom is -0.456 e. The van der Waals surface area contributed by atoms with Gasteiger partial charge in [-0.05, 0) is 87.3 Å². The van der Waals surface area contributed by atoms with Gasteiger partial charge in [-0.2, -0.15) is 0 Å². The Morgan fingerprint density at radius 1 is 0.964 bits per heavy atom. The molecule has 3 fully saturated rings. The molecule has 7 N–H and O–H groups in total. The van der Waals surface area contributed by atoms with Gasteiger partial charge >= 0.3 is 5.97 Å². The maximum atomic E-state index is 14.0. The zero-order valence-corrected chi connectivity index (χ0v) is 34.4. The molecule has 0 radical (unpaired) electrons. The molecule has 16 atom stereocenters. The van der Waals surface area contributed by atoms with E-state index in [1.807, 2.05) is 45.9 Å². The SMILES string of the molecule is CC/C1=C\CC2OC(=O)C3C(CCN3C(=O)CC3(O)OC(CCC3C)CC(O)C(C)C(O)CC(O)CC(O)/C(C)=C/C(C)CC(C)C1O)/C2=C\C(C)C(C)O. The summed E-state index contributed by atoms with van der Waals surface area (Å²) in [5, 5.41) is 77.6. The first kappa shape index (κ1) is 45.5. The van der Waals surface area contributed by atoms with Crippen molar-refractivity contribution >= 4 is 11.9 Å². The predicted molar refractivity (Wildman–Crippen MR) is 208 cm³/mol.